The summed E-state index contributed by atoms with van der Waals surface area (Å²) in [5.41, 5.74) is 7.54. The summed E-state index contributed by atoms with van der Waals surface area (Å²) < 4.78 is 1.69. The fourth-order valence-electron chi connectivity index (χ4n) is 2.62. The van der Waals surface area contributed by atoms with E-state index in [2.05, 4.69) is 10.4 Å². The first-order valence-electron chi connectivity index (χ1n) is 6.68. The minimum atomic E-state index is -0.0287. The highest BCUT2D eigenvalue weighted by atomic mass is 16.1. The summed E-state index contributed by atoms with van der Waals surface area (Å²) in [6, 6.07) is 0.241. The molecule has 2 atom stereocenters. The molecule has 5 heteroatoms. The molecule has 2 rings (SSSR count). The summed E-state index contributed by atoms with van der Waals surface area (Å²) in [5, 5.41) is 7.26. The minimum absolute atomic E-state index is 0.0287. The molecule has 5 nitrogen and oxygen atoms in total. The van der Waals surface area contributed by atoms with E-state index in [1.165, 1.54) is 6.42 Å². The number of nitrogens with zero attached hydrogens (tertiary/aromatic N) is 2. The predicted molar refractivity (Wildman–Crippen MR) is 70.2 cm³/mol. The number of aryl methyl sites for hydroxylation is 2. The van der Waals surface area contributed by atoms with Crippen LogP contribution < -0.4 is 11.1 Å². The highest BCUT2D eigenvalue weighted by molar-refractivity contribution is 5.95. The van der Waals surface area contributed by atoms with Crippen LogP contribution in [-0.2, 0) is 13.5 Å². The van der Waals surface area contributed by atoms with Gasteiger partial charge in [0.05, 0.1) is 11.3 Å². The lowest BCUT2D eigenvalue weighted by Gasteiger charge is -2.15. The van der Waals surface area contributed by atoms with E-state index in [0.717, 1.165) is 25.0 Å². The van der Waals surface area contributed by atoms with Gasteiger partial charge in [0, 0.05) is 25.8 Å². The second-order valence-electron chi connectivity index (χ2n) is 5.08. The highest BCUT2D eigenvalue weighted by Crippen LogP contribution is 2.23. The molecular weight excluding hydrogens is 228 g/mol. The molecule has 0 radical (unpaired) electrons. The zero-order valence-corrected chi connectivity index (χ0v) is 11.1. The van der Waals surface area contributed by atoms with Gasteiger partial charge in [0.2, 0.25) is 0 Å². The number of nitrogens with two attached hydrogens (primary N) is 1. The molecule has 3 N–H and O–H groups in total. The van der Waals surface area contributed by atoms with Crippen molar-refractivity contribution in [2.75, 3.05) is 6.54 Å². The molecule has 1 aromatic rings. The van der Waals surface area contributed by atoms with E-state index in [1.807, 2.05) is 14.0 Å². The van der Waals surface area contributed by atoms with Gasteiger partial charge in [-0.05, 0) is 25.2 Å². The van der Waals surface area contributed by atoms with Crippen LogP contribution in [0.1, 0.15) is 42.2 Å². The van der Waals surface area contributed by atoms with Crippen molar-refractivity contribution in [3.63, 3.8) is 0 Å². The molecule has 100 valence electrons. The Morgan fingerprint density at radius 3 is 3.00 bits per heavy atom. The van der Waals surface area contributed by atoms with Crippen LogP contribution in [-0.4, -0.2) is 28.3 Å². The van der Waals surface area contributed by atoms with Crippen molar-refractivity contribution in [2.45, 2.75) is 38.6 Å². The second kappa shape index (κ2) is 5.52. The lowest BCUT2D eigenvalue weighted by molar-refractivity contribution is 0.0945. The maximum atomic E-state index is 12.1. The summed E-state index contributed by atoms with van der Waals surface area (Å²) in [6.45, 7) is 2.68. The van der Waals surface area contributed by atoms with Crippen molar-refractivity contribution in [3.05, 3.63) is 17.5 Å². The van der Waals surface area contributed by atoms with Gasteiger partial charge < -0.3 is 11.1 Å². The van der Waals surface area contributed by atoms with Gasteiger partial charge in [0.25, 0.3) is 5.91 Å². The monoisotopic (exact) mass is 250 g/mol. The topological polar surface area (TPSA) is 72.9 Å². The first-order valence-corrected chi connectivity index (χ1v) is 6.68. The van der Waals surface area contributed by atoms with Crippen LogP contribution >= 0.6 is 0 Å². The van der Waals surface area contributed by atoms with Gasteiger partial charge in [-0.1, -0.05) is 13.3 Å². The average Bonchev–Trinajstić information content (AvgIpc) is 2.92. The number of hydrogen-bond donors (Lipinski definition) is 2. The van der Waals surface area contributed by atoms with Crippen molar-refractivity contribution >= 4 is 5.91 Å². The smallest absolute Gasteiger partial charge is 0.254 e. The lowest BCUT2D eigenvalue weighted by Crippen LogP contribution is -2.36. The SMILES string of the molecule is CCc1nn(C)cc1C(=O)NCC1CCCC1N. The Bertz CT molecular complexity index is 427. The number of carbonyl (C=O) groups is 1. The molecule has 1 aliphatic rings. The third-order valence-electron chi connectivity index (χ3n) is 3.73. The number of amides is 1. The van der Waals surface area contributed by atoms with Crippen LogP contribution in [0.2, 0.25) is 0 Å². The Balaban J connectivity index is 1.94. The number of carbonyl (C=O) groups excluding carboxylic acids is 1. The Morgan fingerprint density at radius 1 is 1.61 bits per heavy atom. The molecular formula is C13H22N4O. The number of nitrogens with one attached hydrogen (secondary N) is 1. The normalized spacial score (nSPS) is 23.3. The van der Waals surface area contributed by atoms with Crippen molar-refractivity contribution in [3.8, 4) is 0 Å². The van der Waals surface area contributed by atoms with Crippen LogP contribution in [0.5, 0.6) is 0 Å². The van der Waals surface area contributed by atoms with E-state index in [1.54, 1.807) is 10.9 Å². The summed E-state index contributed by atoms with van der Waals surface area (Å²) in [5.74, 6) is 0.398. The largest absolute Gasteiger partial charge is 0.352 e. The van der Waals surface area contributed by atoms with Crippen LogP contribution in [0, 0.1) is 5.92 Å². The van der Waals surface area contributed by atoms with Gasteiger partial charge in [-0.15, -0.1) is 0 Å². The average molecular weight is 250 g/mol. The van der Waals surface area contributed by atoms with E-state index in [4.69, 9.17) is 5.73 Å². The van der Waals surface area contributed by atoms with Gasteiger partial charge in [-0.2, -0.15) is 5.10 Å². The maximum absolute atomic E-state index is 12.1. The van der Waals surface area contributed by atoms with Crippen LogP contribution in [0.3, 0.4) is 0 Å². The molecule has 0 aromatic carbocycles. The molecule has 0 bridgehead atoms. The van der Waals surface area contributed by atoms with Crippen molar-refractivity contribution < 1.29 is 4.79 Å². The van der Waals surface area contributed by atoms with Crippen LogP contribution in [0.15, 0.2) is 6.20 Å². The first kappa shape index (κ1) is 13.1. The fourth-order valence-corrected chi connectivity index (χ4v) is 2.62. The minimum Gasteiger partial charge on any atom is -0.352 e. The third-order valence-corrected chi connectivity index (χ3v) is 3.73. The third kappa shape index (κ3) is 2.72. The number of aromatic nitrogens is 2. The van der Waals surface area contributed by atoms with Gasteiger partial charge >= 0.3 is 0 Å². The van der Waals surface area contributed by atoms with Crippen LogP contribution in [0.25, 0.3) is 0 Å². The molecule has 1 amide bonds. The quantitative estimate of drug-likeness (QED) is 0.831. The van der Waals surface area contributed by atoms with Gasteiger partial charge in [0.1, 0.15) is 0 Å². The standard InChI is InChI=1S/C13H22N4O/c1-3-12-10(8-17(2)16-12)13(18)15-7-9-5-4-6-11(9)14/h8-9,11H,3-7,14H2,1-2H3,(H,15,18). The summed E-state index contributed by atoms with van der Waals surface area (Å²) in [7, 11) is 1.84. The summed E-state index contributed by atoms with van der Waals surface area (Å²) >= 11 is 0. The molecule has 1 aliphatic carbocycles. The van der Waals surface area contributed by atoms with E-state index in [9.17, 15) is 4.79 Å². The highest BCUT2D eigenvalue weighted by Gasteiger charge is 2.24. The Kier molecular flexibility index (Phi) is 4.01. The van der Waals surface area contributed by atoms with E-state index >= 15 is 0 Å². The second-order valence-corrected chi connectivity index (χ2v) is 5.08. The van der Waals surface area contributed by atoms with Gasteiger partial charge in [-0.3, -0.25) is 9.48 Å². The molecule has 1 fully saturated rings. The maximum Gasteiger partial charge on any atom is 0.254 e. The predicted octanol–water partition coefficient (Wildman–Crippen LogP) is 0.840. The molecule has 1 saturated carbocycles. The Labute approximate surface area is 108 Å². The number of hydrogen-bond acceptors (Lipinski definition) is 3. The Morgan fingerprint density at radius 2 is 2.39 bits per heavy atom. The van der Waals surface area contributed by atoms with Crippen molar-refractivity contribution in [2.24, 2.45) is 18.7 Å². The van der Waals surface area contributed by atoms with Crippen LogP contribution in [0.4, 0.5) is 0 Å². The zero-order valence-electron chi connectivity index (χ0n) is 11.1. The molecule has 0 aliphatic heterocycles. The molecule has 18 heavy (non-hydrogen) atoms. The summed E-state index contributed by atoms with van der Waals surface area (Å²) in [4.78, 5) is 12.1. The van der Waals surface area contributed by atoms with Gasteiger partial charge in [0.15, 0.2) is 0 Å². The Hall–Kier alpha value is -1.36. The van der Waals surface area contributed by atoms with Crippen molar-refractivity contribution in [1.82, 2.24) is 15.1 Å². The molecule has 2 unspecified atom stereocenters. The lowest BCUT2D eigenvalue weighted by atomic mass is 10.0. The van der Waals surface area contributed by atoms with E-state index in [0.29, 0.717) is 18.0 Å². The van der Waals surface area contributed by atoms with E-state index in [-0.39, 0.29) is 11.9 Å². The fraction of sp³-hybridized carbons (Fsp3) is 0.692. The van der Waals surface area contributed by atoms with Gasteiger partial charge in [-0.25, -0.2) is 0 Å². The molecule has 1 heterocycles. The van der Waals surface area contributed by atoms with Crippen molar-refractivity contribution in [1.29, 1.82) is 0 Å². The molecule has 1 aromatic heterocycles. The number of rotatable bonds is 4. The molecule has 0 spiro atoms. The molecule has 0 saturated heterocycles. The summed E-state index contributed by atoms with van der Waals surface area (Å²) in [6.07, 6.45) is 5.92. The van der Waals surface area contributed by atoms with E-state index < -0.39 is 0 Å². The zero-order chi connectivity index (χ0) is 13.1. The first-order chi connectivity index (χ1) is 8.61.